The smallest absolute Gasteiger partial charge is 0.268 e. The average Bonchev–Trinajstić information content (AvgIpc) is 3.20. The fraction of sp³-hybridized carbons (Fsp3) is 0.438. The minimum absolute atomic E-state index is 0.0791. The van der Waals surface area contributed by atoms with Crippen LogP contribution in [0, 0.1) is 23.7 Å². The summed E-state index contributed by atoms with van der Waals surface area (Å²) in [6.07, 6.45) is 0.833. The Hall–Kier alpha value is 0.910. The normalized spacial score (nSPS) is 35.4. The van der Waals surface area contributed by atoms with Gasteiger partial charge in [-0.15, -0.1) is 0 Å². The van der Waals surface area contributed by atoms with Crippen molar-refractivity contribution >= 4 is 113 Å². The highest BCUT2D eigenvalue weighted by Gasteiger charge is 2.67. The molecule has 6 unspecified atom stereocenters. The lowest BCUT2D eigenvalue weighted by Crippen LogP contribution is -2.38. The number of amides is 3. The van der Waals surface area contributed by atoms with E-state index in [0.29, 0.717) is 13.4 Å². The zero-order valence-corrected chi connectivity index (χ0v) is 22.2. The molecule has 1 aromatic rings. The molecule has 138 valence electrons. The maximum Gasteiger partial charge on any atom is 0.268 e. The van der Waals surface area contributed by atoms with Crippen molar-refractivity contribution in [3.05, 3.63) is 29.5 Å². The van der Waals surface area contributed by atoms with Gasteiger partial charge in [0, 0.05) is 27.5 Å². The molecule has 1 aromatic carbocycles. The first-order chi connectivity index (χ1) is 12.2. The molecule has 1 aliphatic heterocycles. The first-order valence-corrected chi connectivity index (χ1v) is 12.7. The number of carbonyl (C=O) groups is 3. The number of fused-ring (bicyclic) bond motifs is 5. The molecule has 1 saturated heterocycles. The molecule has 10 heteroatoms. The standard InChI is InChI=1S/C16H9Br6NO3/c17-6-2-5(11(20)13(22)12(6)21)14(24)23-15(25)7-3-1-4(8(7)16(23)26)10(19)9(3)18/h2-4,7-10H,1H2. The van der Waals surface area contributed by atoms with Gasteiger partial charge in [0.2, 0.25) is 11.8 Å². The number of rotatable bonds is 1. The van der Waals surface area contributed by atoms with E-state index in [1.54, 1.807) is 6.07 Å². The molecule has 2 bridgehead atoms. The number of hydrogen-bond acceptors (Lipinski definition) is 3. The molecule has 3 amide bonds. The fourth-order valence-corrected chi connectivity index (χ4v) is 8.45. The second-order valence-electron chi connectivity index (χ2n) is 6.67. The molecule has 2 saturated carbocycles. The molecule has 1 heterocycles. The van der Waals surface area contributed by atoms with E-state index in [4.69, 9.17) is 0 Å². The SMILES string of the molecule is O=C(c1cc(Br)c(Br)c(Br)c1Br)N1C(=O)C2C3CC(C(Br)C3Br)C2C1=O. The highest BCUT2D eigenvalue weighted by atomic mass is 79.9. The molecule has 3 fully saturated rings. The number of carbonyl (C=O) groups excluding carboxylic acids is 3. The Kier molecular flexibility index (Phi) is 5.44. The number of nitrogens with zero attached hydrogens (tertiary/aromatic N) is 1. The molecular formula is C16H9Br6NO3. The van der Waals surface area contributed by atoms with Gasteiger partial charge in [-0.25, -0.2) is 4.90 Å². The number of imide groups is 3. The molecule has 26 heavy (non-hydrogen) atoms. The number of likely N-dealkylation sites (tertiary alicyclic amines) is 1. The van der Waals surface area contributed by atoms with Crippen LogP contribution in [0.1, 0.15) is 16.8 Å². The van der Waals surface area contributed by atoms with Crippen LogP contribution in [0.25, 0.3) is 0 Å². The Morgan fingerprint density at radius 3 is 1.88 bits per heavy atom. The lowest BCUT2D eigenvalue weighted by Gasteiger charge is -2.28. The first kappa shape index (κ1) is 20.2. The summed E-state index contributed by atoms with van der Waals surface area (Å²) >= 11 is 20.9. The summed E-state index contributed by atoms with van der Waals surface area (Å²) in [6.45, 7) is 0. The minimum atomic E-state index is -0.591. The quantitative estimate of drug-likeness (QED) is 0.162. The molecule has 0 N–H and O–H groups in total. The van der Waals surface area contributed by atoms with Crippen molar-refractivity contribution in [1.82, 2.24) is 4.90 Å². The van der Waals surface area contributed by atoms with E-state index in [2.05, 4.69) is 95.6 Å². The van der Waals surface area contributed by atoms with Crippen LogP contribution in [0.15, 0.2) is 24.0 Å². The van der Waals surface area contributed by atoms with Crippen LogP contribution in [-0.2, 0) is 9.59 Å². The lowest BCUT2D eigenvalue weighted by atomic mass is 9.81. The summed E-state index contributed by atoms with van der Waals surface area (Å²) in [4.78, 5) is 40.2. The van der Waals surface area contributed by atoms with Crippen molar-refractivity contribution in [3.8, 4) is 0 Å². The van der Waals surface area contributed by atoms with E-state index < -0.39 is 17.7 Å². The van der Waals surface area contributed by atoms with E-state index in [1.165, 1.54) is 0 Å². The first-order valence-electron chi connectivity index (χ1n) is 7.70. The van der Waals surface area contributed by atoms with Crippen LogP contribution in [0.4, 0.5) is 0 Å². The second-order valence-corrected chi connectivity index (χ2v) is 12.0. The molecule has 4 rings (SSSR count). The van der Waals surface area contributed by atoms with Crippen LogP contribution in [0.5, 0.6) is 0 Å². The molecular weight excluding hydrogens is 734 g/mol. The largest absolute Gasteiger partial charge is 0.274 e. The van der Waals surface area contributed by atoms with Gasteiger partial charge in [-0.3, -0.25) is 14.4 Å². The Balaban J connectivity index is 1.73. The highest BCUT2D eigenvalue weighted by Crippen LogP contribution is 2.60. The zero-order valence-electron chi connectivity index (χ0n) is 12.7. The van der Waals surface area contributed by atoms with E-state index in [0.717, 1.165) is 15.8 Å². The number of hydrogen-bond donors (Lipinski definition) is 0. The molecule has 0 aromatic heterocycles. The maximum atomic E-state index is 13.1. The van der Waals surface area contributed by atoms with Gasteiger partial charge in [-0.2, -0.15) is 0 Å². The maximum absolute atomic E-state index is 13.1. The Morgan fingerprint density at radius 1 is 0.885 bits per heavy atom. The lowest BCUT2D eigenvalue weighted by molar-refractivity contribution is -0.137. The molecule has 0 radical (unpaired) electrons. The van der Waals surface area contributed by atoms with Crippen LogP contribution in [0.3, 0.4) is 0 Å². The second kappa shape index (κ2) is 7.00. The van der Waals surface area contributed by atoms with Gasteiger partial charge in [-0.1, -0.05) is 31.9 Å². The van der Waals surface area contributed by atoms with Crippen molar-refractivity contribution in [3.63, 3.8) is 0 Å². The van der Waals surface area contributed by atoms with Gasteiger partial charge >= 0.3 is 0 Å². The summed E-state index contributed by atoms with van der Waals surface area (Å²) in [6, 6.07) is 1.60. The van der Waals surface area contributed by atoms with Crippen molar-refractivity contribution in [2.45, 2.75) is 16.1 Å². The van der Waals surface area contributed by atoms with Gasteiger partial charge < -0.3 is 0 Å². The molecule has 2 aliphatic carbocycles. The molecule has 4 nitrogen and oxygen atoms in total. The van der Waals surface area contributed by atoms with Crippen LogP contribution in [0.2, 0.25) is 0 Å². The summed E-state index contributed by atoms with van der Waals surface area (Å²) in [5, 5.41) is 0. The summed E-state index contributed by atoms with van der Waals surface area (Å²) in [7, 11) is 0. The third-order valence-electron chi connectivity index (χ3n) is 5.52. The van der Waals surface area contributed by atoms with E-state index in [9.17, 15) is 14.4 Å². The number of alkyl halides is 2. The number of halogens is 6. The third kappa shape index (κ3) is 2.68. The fourth-order valence-electron chi connectivity index (χ4n) is 4.40. The van der Waals surface area contributed by atoms with Crippen LogP contribution < -0.4 is 0 Å². The average molecular weight is 743 g/mol. The van der Waals surface area contributed by atoms with Crippen molar-refractivity contribution < 1.29 is 14.4 Å². The van der Waals surface area contributed by atoms with Crippen LogP contribution >= 0.6 is 95.6 Å². The summed E-state index contributed by atoms with van der Waals surface area (Å²) < 4.78 is 2.51. The monoisotopic (exact) mass is 737 g/mol. The van der Waals surface area contributed by atoms with Crippen molar-refractivity contribution in [2.24, 2.45) is 23.7 Å². The van der Waals surface area contributed by atoms with Crippen molar-refractivity contribution in [1.29, 1.82) is 0 Å². The minimum Gasteiger partial charge on any atom is -0.274 e. The predicted molar refractivity (Wildman–Crippen MR) is 117 cm³/mol. The summed E-state index contributed by atoms with van der Waals surface area (Å²) in [5.74, 6) is -1.99. The summed E-state index contributed by atoms with van der Waals surface area (Å²) in [5.41, 5.74) is 0.256. The Morgan fingerprint density at radius 2 is 1.38 bits per heavy atom. The van der Waals surface area contributed by atoms with E-state index >= 15 is 0 Å². The molecule has 6 atom stereocenters. The van der Waals surface area contributed by atoms with Gasteiger partial charge in [0.05, 0.1) is 17.4 Å². The predicted octanol–water partition coefficient (Wildman–Crippen LogP) is 5.65. The van der Waals surface area contributed by atoms with Gasteiger partial charge in [-0.05, 0) is 88.0 Å². The topological polar surface area (TPSA) is 54.5 Å². The number of benzene rings is 1. The Bertz CT molecular complexity index is 842. The van der Waals surface area contributed by atoms with E-state index in [-0.39, 0.29) is 38.9 Å². The molecule has 0 spiro atoms. The van der Waals surface area contributed by atoms with Gasteiger partial charge in [0.15, 0.2) is 0 Å². The molecule has 3 aliphatic rings. The van der Waals surface area contributed by atoms with Gasteiger partial charge in [0.25, 0.3) is 5.91 Å². The Labute approximate surface area is 200 Å². The van der Waals surface area contributed by atoms with E-state index in [1.807, 2.05) is 0 Å². The third-order valence-corrected chi connectivity index (χ3v) is 13.4. The van der Waals surface area contributed by atoms with Gasteiger partial charge in [0.1, 0.15) is 0 Å². The zero-order chi connectivity index (χ0) is 19.1. The highest BCUT2D eigenvalue weighted by molar-refractivity contribution is 9.15. The van der Waals surface area contributed by atoms with Crippen molar-refractivity contribution in [2.75, 3.05) is 0 Å². The van der Waals surface area contributed by atoms with Crippen LogP contribution in [-0.4, -0.2) is 32.3 Å².